The molecule has 6 heteroatoms. The number of hydrogen-bond acceptors (Lipinski definition) is 3. The summed E-state index contributed by atoms with van der Waals surface area (Å²) in [6.07, 6.45) is 7.35. The molecular formula is C20H24ClN3O2. The van der Waals surface area contributed by atoms with E-state index in [1.54, 1.807) is 18.4 Å². The van der Waals surface area contributed by atoms with E-state index in [0.29, 0.717) is 22.8 Å². The van der Waals surface area contributed by atoms with E-state index < -0.39 is 0 Å². The maximum atomic E-state index is 12.4. The van der Waals surface area contributed by atoms with Gasteiger partial charge >= 0.3 is 6.03 Å². The van der Waals surface area contributed by atoms with E-state index in [1.807, 2.05) is 24.3 Å². The lowest BCUT2D eigenvalue weighted by Gasteiger charge is -2.48. The Morgan fingerprint density at radius 3 is 2.69 bits per heavy atom. The third kappa shape index (κ3) is 4.05. The van der Waals surface area contributed by atoms with Crippen LogP contribution in [0.3, 0.4) is 0 Å². The highest BCUT2D eigenvalue weighted by Gasteiger charge is 2.38. The molecule has 0 saturated carbocycles. The molecule has 2 unspecified atom stereocenters. The maximum Gasteiger partial charge on any atom is 0.319 e. The third-order valence-electron chi connectivity index (χ3n) is 5.46. The summed E-state index contributed by atoms with van der Waals surface area (Å²) >= 11 is 5.97. The molecule has 5 nitrogen and oxygen atoms in total. The zero-order chi connectivity index (χ0) is 17.9. The molecule has 2 N–H and O–H groups in total. The van der Waals surface area contributed by atoms with Gasteiger partial charge in [-0.15, -0.1) is 0 Å². The number of urea groups is 1. The van der Waals surface area contributed by atoms with Crippen LogP contribution in [0.15, 0.2) is 47.1 Å². The van der Waals surface area contributed by atoms with Crippen molar-refractivity contribution in [3.8, 4) is 0 Å². The minimum atomic E-state index is -0.158. The van der Waals surface area contributed by atoms with Crippen LogP contribution >= 0.6 is 11.6 Å². The van der Waals surface area contributed by atoms with Gasteiger partial charge in [0, 0.05) is 28.8 Å². The predicted molar refractivity (Wildman–Crippen MR) is 102 cm³/mol. The lowest BCUT2D eigenvalue weighted by atomic mass is 9.81. The second-order valence-corrected chi connectivity index (χ2v) is 7.70. The van der Waals surface area contributed by atoms with Crippen LogP contribution in [-0.4, -0.2) is 29.1 Å². The first kappa shape index (κ1) is 17.4. The molecule has 2 saturated heterocycles. The summed E-state index contributed by atoms with van der Waals surface area (Å²) in [7, 11) is 0. The van der Waals surface area contributed by atoms with Crippen molar-refractivity contribution in [3.63, 3.8) is 0 Å². The fourth-order valence-electron chi connectivity index (χ4n) is 4.36. The number of hydrogen-bond donors (Lipinski definition) is 2. The van der Waals surface area contributed by atoms with Crippen LogP contribution in [0, 0.1) is 0 Å². The molecular weight excluding hydrogens is 350 g/mol. The average molecular weight is 374 g/mol. The van der Waals surface area contributed by atoms with Gasteiger partial charge in [0.2, 0.25) is 0 Å². The zero-order valence-corrected chi connectivity index (χ0v) is 15.4. The van der Waals surface area contributed by atoms with Gasteiger partial charge in [0.25, 0.3) is 0 Å². The lowest BCUT2D eigenvalue weighted by molar-refractivity contribution is 0.0150. The standard InChI is InChI=1S/C20H24ClN3O2/c21-14-4-1-5-15(10-14)22-20(25)23-16-11-17-6-2-7-18(12-16)24(17)13-19-8-3-9-26-19/h1,3-5,8-10,16-18H,2,6-7,11-13H2,(H2,22,23,25). The topological polar surface area (TPSA) is 57.5 Å². The van der Waals surface area contributed by atoms with Gasteiger partial charge in [0.15, 0.2) is 0 Å². The lowest BCUT2D eigenvalue weighted by Crippen LogP contribution is -2.56. The molecule has 2 aromatic rings. The molecule has 0 spiro atoms. The number of benzene rings is 1. The highest BCUT2D eigenvalue weighted by Crippen LogP contribution is 2.35. The molecule has 2 fully saturated rings. The number of rotatable bonds is 4. The quantitative estimate of drug-likeness (QED) is 0.820. The largest absolute Gasteiger partial charge is 0.468 e. The highest BCUT2D eigenvalue weighted by molar-refractivity contribution is 6.30. The molecule has 2 aliphatic heterocycles. The fraction of sp³-hybridized carbons (Fsp3) is 0.450. The number of anilines is 1. The van der Waals surface area contributed by atoms with Gasteiger partial charge < -0.3 is 15.1 Å². The van der Waals surface area contributed by atoms with Crippen molar-refractivity contribution >= 4 is 23.3 Å². The van der Waals surface area contributed by atoms with E-state index in [0.717, 1.165) is 25.1 Å². The van der Waals surface area contributed by atoms with Crippen molar-refractivity contribution in [3.05, 3.63) is 53.4 Å². The number of furan rings is 1. The van der Waals surface area contributed by atoms with Crippen LogP contribution in [0.2, 0.25) is 5.02 Å². The molecule has 26 heavy (non-hydrogen) atoms. The van der Waals surface area contributed by atoms with Gasteiger partial charge in [-0.05, 0) is 56.0 Å². The van der Waals surface area contributed by atoms with E-state index in [2.05, 4.69) is 15.5 Å². The van der Waals surface area contributed by atoms with Gasteiger partial charge in [-0.1, -0.05) is 24.1 Å². The van der Waals surface area contributed by atoms with Crippen molar-refractivity contribution in [2.75, 3.05) is 5.32 Å². The second-order valence-electron chi connectivity index (χ2n) is 7.27. The fourth-order valence-corrected chi connectivity index (χ4v) is 4.55. The predicted octanol–water partition coefficient (Wildman–Crippen LogP) is 4.64. The Hall–Kier alpha value is -1.98. The summed E-state index contributed by atoms with van der Waals surface area (Å²) in [5.41, 5.74) is 0.713. The summed E-state index contributed by atoms with van der Waals surface area (Å²) in [6, 6.07) is 12.3. The first-order valence-electron chi connectivity index (χ1n) is 9.28. The number of piperidine rings is 2. The number of nitrogens with one attached hydrogen (secondary N) is 2. The molecule has 2 amide bonds. The number of carbonyl (C=O) groups is 1. The summed E-state index contributed by atoms with van der Waals surface area (Å²) in [6.45, 7) is 0.865. The summed E-state index contributed by atoms with van der Waals surface area (Å²) < 4.78 is 5.54. The normalized spacial score (nSPS) is 25.7. The average Bonchev–Trinajstić information content (AvgIpc) is 3.08. The van der Waals surface area contributed by atoms with Gasteiger partial charge in [0.05, 0.1) is 12.8 Å². The Morgan fingerprint density at radius 1 is 1.19 bits per heavy atom. The molecule has 1 aromatic heterocycles. The van der Waals surface area contributed by atoms with Crippen LogP contribution in [0.5, 0.6) is 0 Å². The minimum absolute atomic E-state index is 0.158. The molecule has 4 rings (SSSR count). The Kier molecular flexibility index (Phi) is 5.18. The van der Waals surface area contributed by atoms with Crippen LogP contribution in [0.25, 0.3) is 0 Å². The maximum absolute atomic E-state index is 12.4. The Labute approximate surface area is 158 Å². The van der Waals surface area contributed by atoms with E-state index in [4.69, 9.17) is 16.0 Å². The molecule has 2 atom stereocenters. The first-order valence-corrected chi connectivity index (χ1v) is 9.66. The second kappa shape index (κ2) is 7.72. The summed E-state index contributed by atoms with van der Waals surface area (Å²) in [5, 5.41) is 6.65. The number of carbonyl (C=O) groups excluding carboxylic acids is 1. The Morgan fingerprint density at radius 2 is 2.00 bits per heavy atom. The molecule has 1 aromatic carbocycles. The summed E-state index contributed by atoms with van der Waals surface area (Å²) in [4.78, 5) is 14.9. The van der Waals surface area contributed by atoms with Gasteiger partial charge in [-0.2, -0.15) is 0 Å². The Balaban J connectivity index is 1.35. The number of halogens is 1. The van der Waals surface area contributed by atoms with Crippen molar-refractivity contribution in [2.45, 2.75) is 56.8 Å². The van der Waals surface area contributed by atoms with Gasteiger partial charge in [-0.3, -0.25) is 4.90 Å². The highest BCUT2D eigenvalue weighted by atomic mass is 35.5. The number of nitrogens with zero attached hydrogens (tertiary/aromatic N) is 1. The minimum Gasteiger partial charge on any atom is -0.468 e. The molecule has 2 aliphatic rings. The van der Waals surface area contributed by atoms with Crippen LogP contribution in [0.1, 0.15) is 37.9 Å². The van der Waals surface area contributed by atoms with E-state index in [-0.39, 0.29) is 12.1 Å². The third-order valence-corrected chi connectivity index (χ3v) is 5.70. The number of amides is 2. The van der Waals surface area contributed by atoms with Crippen molar-refractivity contribution in [2.24, 2.45) is 0 Å². The molecule has 2 bridgehead atoms. The molecule has 0 radical (unpaired) electrons. The van der Waals surface area contributed by atoms with Crippen molar-refractivity contribution in [1.29, 1.82) is 0 Å². The SMILES string of the molecule is O=C(Nc1cccc(Cl)c1)NC1CC2CCCC(C1)N2Cc1ccco1. The van der Waals surface area contributed by atoms with E-state index in [9.17, 15) is 4.79 Å². The number of fused-ring (bicyclic) bond motifs is 2. The summed E-state index contributed by atoms with van der Waals surface area (Å²) in [5.74, 6) is 1.02. The van der Waals surface area contributed by atoms with Crippen molar-refractivity contribution in [1.82, 2.24) is 10.2 Å². The monoisotopic (exact) mass is 373 g/mol. The smallest absolute Gasteiger partial charge is 0.319 e. The first-order chi connectivity index (χ1) is 12.7. The van der Waals surface area contributed by atoms with E-state index >= 15 is 0 Å². The van der Waals surface area contributed by atoms with Gasteiger partial charge in [0.1, 0.15) is 5.76 Å². The molecule has 0 aliphatic carbocycles. The molecule has 138 valence electrons. The van der Waals surface area contributed by atoms with Crippen LogP contribution in [-0.2, 0) is 6.54 Å². The molecule has 3 heterocycles. The van der Waals surface area contributed by atoms with E-state index in [1.165, 1.54) is 19.3 Å². The Bertz CT molecular complexity index is 735. The van der Waals surface area contributed by atoms with Crippen LogP contribution < -0.4 is 10.6 Å². The van der Waals surface area contributed by atoms with Crippen LogP contribution in [0.4, 0.5) is 10.5 Å². The van der Waals surface area contributed by atoms with Crippen molar-refractivity contribution < 1.29 is 9.21 Å². The zero-order valence-electron chi connectivity index (χ0n) is 14.7. The van der Waals surface area contributed by atoms with Gasteiger partial charge in [-0.25, -0.2) is 4.79 Å².